The molecule has 3 N–H and O–H groups in total. The number of aromatic amines is 1. The molecule has 6 heteroatoms. The predicted molar refractivity (Wildman–Crippen MR) is 119 cm³/mol. The third-order valence-electron chi connectivity index (χ3n) is 5.42. The number of fused-ring (bicyclic) bond motifs is 4. The molecule has 0 saturated carbocycles. The van der Waals surface area contributed by atoms with Gasteiger partial charge in [-0.15, -0.1) is 0 Å². The van der Waals surface area contributed by atoms with Crippen molar-refractivity contribution in [2.75, 3.05) is 0 Å². The number of para-hydroxylation sites is 1. The van der Waals surface area contributed by atoms with Gasteiger partial charge >= 0.3 is 5.91 Å². The number of hydrogen-bond acceptors (Lipinski definition) is 2. The molecule has 0 aliphatic rings. The highest BCUT2D eigenvalue weighted by Gasteiger charge is 2.22. The van der Waals surface area contributed by atoms with Crippen molar-refractivity contribution in [1.29, 1.82) is 0 Å². The van der Waals surface area contributed by atoms with E-state index in [1.165, 1.54) is 10.6 Å². The van der Waals surface area contributed by atoms with E-state index >= 15 is 4.39 Å². The van der Waals surface area contributed by atoms with E-state index in [2.05, 4.69) is 16.8 Å². The average Bonchev–Trinajstić information content (AvgIpc) is 3.35. The van der Waals surface area contributed by atoms with Gasteiger partial charge in [0.2, 0.25) is 0 Å². The number of nitrogens with zero attached hydrogens (tertiary/aromatic N) is 1. The van der Waals surface area contributed by atoms with Gasteiger partial charge in [-0.25, -0.2) is 4.39 Å². The van der Waals surface area contributed by atoms with E-state index in [0.29, 0.717) is 27.4 Å². The molecule has 0 atom stereocenters. The van der Waals surface area contributed by atoms with Crippen molar-refractivity contribution in [3.63, 3.8) is 0 Å². The van der Waals surface area contributed by atoms with Crippen LogP contribution in [0.4, 0.5) is 4.39 Å². The third-order valence-corrected chi connectivity index (χ3v) is 5.42. The molecule has 0 bridgehead atoms. The summed E-state index contributed by atoms with van der Waals surface area (Å²) in [5.41, 5.74) is 7.82. The van der Waals surface area contributed by atoms with E-state index in [-0.39, 0.29) is 11.5 Å². The Morgan fingerprint density at radius 2 is 1.87 bits per heavy atom. The van der Waals surface area contributed by atoms with Crippen LogP contribution in [-0.4, -0.2) is 21.4 Å². The lowest BCUT2D eigenvalue weighted by Crippen LogP contribution is -2.12. The van der Waals surface area contributed by atoms with Crippen LogP contribution in [0.2, 0.25) is 0 Å². The summed E-state index contributed by atoms with van der Waals surface area (Å²) in [4.78, 5) is 27.5. The first-order valence-electron chi connectivity index (χ1n) is 9.60. The van der Waals surface area contributed by atoms with Crippen LogP contribution < -0.4 is 5.73 Å². The molecule has 5 nitrogen and oxygen atoms in total. The highest BCUT2D eigenvalue weighted by atomic mass is 19.1. The predicted octanol–water partition coefficient (Wildman–Crippen LogP) is 4.84. The summed E-state index contributed by atoms with van der Waals surface area (Å²) >= 11 is 0. The van der Waals surface area contributed by atoms with Gasteiger partial charge in [-0.05, 0) is 30.5 Å². The summed E-state index contributed by atoms with van der Waals surface area (Å²) in [5.74, 6) is 3.46. The number of primary amides is 1. The van der Waals surface area contributed by atoms with Crippen LogP contribution in [-0.2, 0) is 0 Å². The third kappa shape index (κ3) is 2.79. The Bertz CT molecular complexity index is 1610. The first-order valence-corrected chi connectivity index (χ1v) is 9.60. The second kappa shape index (κ2) is 6.85. The van der Waals surface area contributed by atoms with E-state index in [1.807, 2.05) is 30.3 Å². The fourth-order valence-corrected chi connectivity index (χ4v) is 4.12. The van der Waals surface area contributed by atoms with Gasteiger partial charge in [0.05, 0.1) is 11.1 Å². The number of carbonyl (C=O) groups excluding carboxylic acids is 2. The number of carbonyl (C=O) groups is 2. The fourth-order valence-electron chi connectivity index (χ4n) is 4.12. The van der Waals surface area contributed by atoms with Crippen molar-refractivity contribution < 1.29 is 14.0 Å². The Labute approximate surface area is 176 Å². The van der Waals surface area contributed by atoms with E-state index < -0.39 is 11.7 Å². The topological polar surface area (TPSA) is 80.9 Å². The summed E-state index contributed by atoms with van der Waals surface area (Å²) in [6, 6.07) is 14.1. The number of H-pyrrole nitrogens is 1. The lowest BCUT2D eigenvalue weighted by atomic mass is 9.94. The maximum absolute atomic E-state index is 15.5. The summed E-state index contributed by atoms with van der Waals surface area (Å²) in [5, 5.41) is 2.82. The van der Waals surface area contributed by atoms with Gasteiger partial charge in [-0.1, -0.05) is 42.3 Å². The number of halogens is 1. The van der Waals surface area contributed by atoms with Gasteiger partial charge in [0.1, 0.15) is 5.82 Å². The number of hydrogen-bond donors (Lipinski definition) is 2. The molecule has 5 aromatic rings. The van der Waals surface area contributed by atoms with Gasteiger partial charge in [0, 0.05) is 45.0 Å². The molecule has 0 fully saturated rings. The number of nitrogens with two attached hydrogens (primary N) is 1. The summed E-state index contributed by atoms with van der Waals surface area (Å²) in [6.45, 7) is 1.59. The number of aromatic nitrogens is 2. The smallest absolute Gasteiger partial charge is 0.306 e. The molecular formula is C25H16FN3O2. The second-order valence-corrected chi connectivity index (χ2v) is 7.22. The van der Waals surface area contributed by atoms with Crippen LogP contribution in [0, 0.1) is 17.7 Å². The standard InChI is InChI=1S/C25H16FN3O2/c1-2-6-21(30)29-12-14-7-5-9-15(18(14)13-29)22-19(26)11-17(25(27)31)24-23(22)16-8-3-4-10-20(16)28-24/h3-5,7-13,28H,1H3,(H2,27,31). The molecule has 0 spiro atoms. The number of rotatable bonds is 2. The maximum atomic E-state index is 15.5. The average molecular weight is 409 g/mol. The van der Waals surface area contributed by atoms with Crippen molar-refractivity contribution in [2.24, 2.45) is 5.73 Å². The van der Waals surface area contributed by atoms with Crippen LogP contribution in [0.1, 0.15) is 22.1 Å². The lowest BCUT2D eigenvalue weighted by molar-refractivity contribution is 0.0977. The molecule has 0 aliphatic carbocycles. The van der Waals surface area contributed by atoms with Crippen molar-refractivity contribution in [3.8, 4) is 23.0 Å². The van der Waals surface area contributed by atoms with Crippen LogP contribution in [0.5, 0.6) is 0 Å². The van der Waals surface area contributed by atoms with Gasteiger partial charge in [0.15, 0.2) is 0 Å². The molecule has 0 unspecified atom stereocenters. The summed E-state index contributed by atoms with van der Waals surface area (Å²) in [6.07, 6.45) is 3.33. The van der Waals surface area contributed by atoms with Crippen molar-refractivity contribution in [2.45, 2.75) is 6.92 Å². The zero-order chi connectivity index (χ0) is 21.7. The molecule has 1 amide bonds. The largest absolute Gasteiger partial charge is 0.366 e. The zero-order valence-corrected chi connectivity index (χ0v) is 16.5. The quantitative estimate of drug-likeness (QED) is 0.409. The molecule has 2 heterocycles. The van der Waals surface area contributed by atoms with E-state index in [9.17, 15) is 9.59 Å². The van der Waals surface area contributed by atoms with E-state index in [0.717, 1.165) is 16.3 Å². The van der Waals surface area contributed by atoms with Gasteiger partial charge in [0.25, 0.3) is 5.91 Å². The lowest BCUT2D eigenvalue weighted by Gasteiger charge is -2.10. The van der Waals surface area contributed by atoms with Crippen LogP contribution in [0.25, 0.3) is 43.7 Å². The SMILES string of the molecule is CC#CC(=O)n1cc2cccc(-c3c(F)cc(C(N)=O)c4[nH]c5ccccc5c34)c2c1. The van der Waals surface area contributed by atoms with Gasteiger partial charge in [-0.2, -0.15) is 0 Å². The Morgan fingerprint density at radius 1 is 1.06 bits per heavy atom. The van der Waals surface area contributed by atoms with E-state index in [1.54, 1.807) is 31.5 Å². The fraction of sp³-hybridized carbons (Fsp3) is 0.0400. The molecule has 150 valence electrons. The summed E-state index contributed by atoms with van der Waals surface area (Å²) in [7, 11) is 0. The maximum Gasteiger partial charge on any atom is 0.306 e. The van der Waals surface area contributed by atoms with Crippen molar-refractivity contribution in [1.82, 2.24) is 9.55 Å². The zero-order valence-electron chi connectivity index (χ0n) is 16.5. The molecule has 0 saturated heterocycles. The highest BCUT2D eigenvalue weighted by Crippen LogP contribution is 2.41. The second-order valence-electron chi connectivity index (χ2n) is 7.22. The Kier molecular flexibility index (Phi) is 4.12. The molecule has 0 radical (unpaired) electrons. The number of benzene rings is 3. The van der Waals surface area contributed by atoms with Gasteiger partial charge in [-0.3, -0.25) is 14.2 Å². The number of amides is 1. The van der Waals surface area contributed by atoms with Gasteiger partial charge < -0.3 is 10.7 Å². The minimum absolute atomic E-state index is 0.0885. The minimum atomic E-state index is -0.713. The normalized spacial score (nSPS) is 11.0. The Balaban J connectivity index is 1.91. The van der Waals surface area contributed by atoms with Crippen molar-refractivity contribution >= 4 is 44.4 Å². The first kappa shape index (κ1) is 18.6. The van der Waals surface area contributed by atoms with Crippen LogP contribution in [0.15, 0.2) is 60.9 Å². The van der Waals surface area contributed by atoms with Crippen LogP contribution in [0.3, 0.4) is 0 Å². The Morgan fingerprint density at radius 3 is 2.65 bits per heavy atom. The van der Waals surface area contributed by atoms with Crippen LogP contribution >= 0.6 is 0 Å². The molecule has 5 rings (SSSR count). The molecule has 31 heavy (non-hydrogen) atoms. The molecule has 3 aromatic carbocycles. The highest BCUT2D eigenvalue weighted by molar-refractivity contribution is 6.21. The first-order chi connectivity index (χ1) is 15.0. The molecule has 0 aliphatic heterocycles. The Hall–Kier alpha value is -4.37. The molecular weight excluding hydrogens is 393 g/mol. The molecule has 2 aromatic heterocycles. The number of nitrogens with one attached hydrogen (secondary N) is 1. The van der Waals surface area contributed by atoms with Crippen molar-refractivity contribution in [3.05, 3.63) is 72.3 Å². The minimum Gasteiger partial charge on any atom is -0.366 e. The summed E-state index contributed by atoms with van der Waals surface area (Å²) < 4.78 is 16.9. The van der Waals surface area contributed by atoms with E-state index in [4.69, 9.17) is 5.73 Å². The monoisotopic (exact) mass is 409 g/mol.